The Bertz CT molecular complexity index is 358. The molecule has 1 heterocycles. The summed E-state index contributed by atoms with van der Waals surface area (Å²) in [6.07, 6.45) is 1.10. The normalized spacial score (nSPS) is 17.8. The first kappa shape index (κ1) is 14.5. The predicted octanol–water partition coefficient (Wildman–Crippen LogP) is 0.645. The molecule has 4 nitrogen and oxygen atoms in total. The highest BCUT2D eigenvalue weighted by atomic mass is 16.3. The minimum atomic E-state index is 0.125. The number of hydrogen-bond acceptors (Lipinski definition) is 4. The summed E-state index contributed by atoms with van der Waals surface area (Å²) in [4.78, 5) is 4.99. The van der Waals surface area contributed by atoms with Gasteiger partial charge in [-0.05, 0) is 30.6 Å². The molecule has 0 bridgehead atoms. The summed E-state index contributed by atoms with van der Waals surface area (Å²) in [5, 5.41) is 9.03. The van der Waals surface area contributed by atoms with Gasteiger partial charge in [0.25, 0.3) is 0 Å². The molecule has 0 atom stereocenters. The van der Waals surface area contributed by atoms with E-state index >= 15 is 0 Å². The van der Waals surface area contributed by atoms with Crippen molar-refractivity contribution in [3.63, 3.8) is 0 Å². The number of hydrogen-bond donors (Lipinski definition) is 2. The van der Waals surface area contributed by atoms with Gasteiger partial charge in [-0.1, -0.05) is 24.3 Å². The second kappa shape index (κ2) is 7.60. The zero-order valence-corrected chi connectivity index (χ0v) is 11.6. The quantitative estimate of drug-likeness (QED) is 0.791. The van der Waals surface area contributed by atoms with Crippen LogP contribution in [-0.4, -0.2) is 54.2 Å². The Morgan fingerprint density at radius 2 is 1.53 bits per heavy atom. The maximum absolute atomic E-state index is 9.03. The van der Waals surface area contributed by atoms with E-state index < -0.39 is 0 Å². The Morgan fingerprint density at radius 1 is 0.947 bits per heavy atom. The first-order chi connectivity index (χ1) is 9.31. The highest BCUT2D eigenvalue weighted by Crippen LogP contribution is 2.10. The van der Waals surface area contributed by atoms with Crippen LogP contribution in [0, 0.1) is 0 Å². The molecule has 1 fully saturated rings. The minimum absolute atomic E-state index is 0.125. The Kier molecular flexibility index (Phi) is 5.79. The molecule has 2 rings (SSSR count). The van der Waals surface area contributed by atoms with Crippen LogP contribution in [0.3, 0.4) is 0 Å². The molecule has 3 N–H and O–H groups in total. The molecule has 1 saturated heterocycles. The van der Waals surface area contributed by atoms with Crippen LogP contribution in [0.25, 0.3) is 0 Å². The molecule has 0 radical (unpaired) electrons. The molecule has 1 aromatic carbocycles. The van der Waals surface area contributed by atoms with E-state index in [9.17, 15) is 0 Å². The molecular weight excluding hydrogens is 238 g/mol. The summed E-state index contributed by atoms with van der Waals surface area (Å²) in [7, 11) is 0. The van der Waals surface area contributed by atoms with Crippen molar-refractivity contribution in [1.82, 2.24) is 9.80 Å². The Morgan fingerprint density at radius 3 is 2.11 bits per heavy atom. The standard InChI is InChI=1S/C15H25N3O/c16-6-1-7-17-8-10-18(11-9-17)12-14-2-4-15(13-19)5-3-14/h2-5,19H,1,6-13,16H2. The summed E-state index contributed by atoms with van der Waals surface area (Å²) in [5.41, 5.74) is 7.85. The molecule has 4 heteroatoms. The maximum Gasteiger partial charge on any atom is 0.0681 e. The fraction of sp³-hybridized carbons (Fsp3) is 0.600. The smallest absolute Gasteiger partial charge is 0.0681 e. The van der Waals surface area contributed by atoms with Gasteiger partial charge in [0.15, 0.2) is 0 Å². The lowest BCUT2D eigenvalue weighted by molar-refractivity contribution is 0.127. The van der Waals surface area contributed by atoms with E-state index in [1.54, 1.807) is 0 Å². The highest BCUT2D eigenvalue weighted by molar-refractivity contribution is 5.21. The van der Waals surface area contributed by atoms with E-state index in [2.05, 4.69) is 21.9 Å². The second-order valence-corrected chi connectivity index (χ2v) is 5.23. The van der Waals surface area contributed by atoms with Gasteiger partial charge in [0.05, 0.1) is 6.61 Å². The van der Waals surface area contributed by atoms with Gasteiger partial charge in [-0.25, -0.2) is 0 Å². The summed E-state index contributed by atoms with van der Waals surface area (Å²) < 4.78 is 0. The molecular formula is C15H25N3O. The molecule has 1 aliphatic heterocycles. The Hall–Kier alpha value is -0.940. The van der Waals surface area contributed by atoms with Crippen molar-refractivity contribution >= 4 is 0 Å². The van der Waals surface area contributed by atoms with E-state index in [1.165, 1.54) is 5.56 Å². The largest absolute Gasteiger partial charge is 0.392 e. The van der Waals surface area contributed by atoms with Crippen molar-refractivity contribution in [2.24, 2.45) is 5.73 Å². The van der Waals surface area contributed by atoms with Gasteiger partial charge in [0, 0.05) is 32.7 Å². The van der Waals surface area contributed by atoms with E-state index in [0.717, 1.165) is 57.8 Å². The lowest BCUT2D eigenvalue weighted by Crippen LogP contribution is -2.46. The van der Waals surface area contributed by atoms with E-state index in [-0.39, 0.29) is 6.61 Å². The van der Waals surface area contributed by atoms with Crippen LogP contribution in [0.4, 0.5) is 0 Å². The van der Waals surface area contributed by atoms with Gasteiger partial charge in [0.1, 0.15) is 0 Å². The highest BCUT2D eigenvalue weighted by Gasteiger charge is 2.16. The third-order valence-corrected chi connectivity index (χ3v) is 3.76. The van der Waals surface area contributed by atoms with E-state index in [4.69, 9.17) is 10.8 Å². The first-order valence-corrected chi connectivity index (χ1v) is 7.15. The topological polar surface area (TPSA) is 52.7 Å². The number of rotatable bonds is 6. The third kappa shape index (κ3) is 4.58. The molecule has 0 saturated carbocycles. The zero-order valence-electron chi connectivity index (χ0n) is 11.6. The summed E-state index contributed by atoms with van der Waals surface area (Å²) in [6.45, 7) is 7.62. The van der Waals surface area contributed by atoms with E-state index in [0.29, 0.717) is 0 Å². The summed E-state index contributed by atoms with van der Waals surface area (Å²) in [5.74, 6) is 0. The summed E-state index contributed by atoms with van der Waals surface area (Å²) >= 11 is 0. The fourth-order valence-electron chi connectivity index (χ4n) is 2.49. The number of benzene rings is 1. The molecule has 0 amide bonds. The van der Waals surface area contributed by atoms with Crippen LogP contribution in [0.5, 0.6) is 0 Å². The van der Waals surface area contributed by atoms with Gasteiger partial charge in [-0.3, -0.25) is 4.90 Å². The van der Waals surface area contributed by atoms with Crippen LogP contribution >= 0.6 is 0 Å². The van der Waals surface area contributed by atoms with Crippen LogP contribution < -0.4 is 5.73 Å². The maximum atomic E-state index is 9.03. The molecule has 106 valence electrons. The average Bonchev–Trinajstić information content (AvgIpc) is 2.47. The fourth-order valence-corrected chi connectivity index (χ4v) is 2.49. The molecule has 0 aromatic heterocycles. The third-order valence-electron chi connectivity index (χ3n) is 3.76. The van der Waals surface area contributed by atoms with Crippen molar-refractivity contribution in [2.45, 2.75) is 19.6 Å². The monoisotopic (exact) mass is 263 g/mol. The van der Waals surface area contributed by atoms with E-state index in [1.807, 2.05) is 12.1 Å². The Labute approximate surface area is 115 Å². The second-order valence-electron chi connectivity index (χ2n) is 5.23. The SMILES string of the molecule is NCCCN1CCN(Cc2ccc(CO)cc2)CC1. The first-order valence-electron chi connectivity index (χ1n) is 7.15. The number of aliphatic hydroxyl groups excluding tert-OH is 1. The Balaban J connectivity index is 1.75. The van der Waals surface area contributed by atoms with Gasteiger partial charge in [0.2, 0.25) is 0 Å². The molecule has 19 heavy (non-hydrogen) atoms. The number of aliphatic hydroxyl groups is 1. The van der Waals surface area contributed by atoms with Gasteiger partial charge < -0.3 is 15.7 Å². The van der Waals surface area contributed by atoms with Crippen LogP contribution in [0.1, 0.15) is 17.5 Å². The van der Waals surface area contributed by atoms with Crippen molar-refractivity contribution in [2.75, 3.05) is 39.3 Å². The molecule has 1 aromatic rings. The molecule has 0 unspecified atom stereocenters. The minimum Gasteiger partial charge on any atom is -0.392 e. The van der Waals surface area contributed by atoms with Crippen LogP contribution in [-0.2, 0) is 13.2 Å². The van der Waals surface area contributed by atoms with Crippen LogP contribution in [0.15, 0.2) is 24.3 Å². The predicted molar refractivity (Wildman–Crippen MR) is 77.8 cm³/mol. The van der Waals surface area contributed by atoms with Crippen LogP contribution in [0.2, 0.25) is 0 Å². The van der Waals surface area contributed by atoms with Crippen molar-refractivity contribution in [3.05, 3.63) is 35.4 Å². The van der Waals surface area contributed by atoms with Gasteiger partial charge in [-0.15, -0.1) is 0 Å². The van der Waals surface area contributed by atoms with Crippen molar-refractivity contribution in [1.29, 1.82) is 0 Å². The number of piperazine rings is 1. The number of nitrogens with zero attached hydrogens (tertiary/aromatic N) is 2. The van der Waals surface area contributed by atoms with Gasteiger partial charge >= 0.3 is 0 Å². The number of nitrogens with two attached hydrogens (primary N) is 1. The lowest BCUT2D eigenvalue weighted by Gasteiger charge is -2.34. The lowest BCUT2D eigenvalue weighted by atomic mass is 10.1. The molecule has 0 aliphatic carbocycles. The zero-order chi connectivity index (χ0) is 13.5. The molecule has 1 aliphatic rings. The summed E-state index contributed by atoms with van der Waals surface area (Å²) in [6, 6.07) is 8.25. The average molecular weight is 263 g/mol. The van der Waals surface area contributed by atoms with Crippen molar-refractivity contribution in [3.8, 4) is 0 Å². The molecule has 0 spiro atoms. The van der Waals surface area contributed by atoms with Crippen molar-refractivity contribution < 1.29 is 5.11 Å². The van der Waals surface area contributed by atoms with Gasteiger partial charge in [-0.2, -0.15) is 0 Å².